The number of rotatable bonds is 9. The Morgan fingerprint density at radius 2 is 1.60 bits per heavy atom. The molecule has 5 nitrogen and oxygen atoms in total. The number of hydrogen-bond acceptors (Lipinski definition) is 5. The fourth-order valence-electron chi connectivity index (χ4n) is 2.64. The Labute approximate surface area is 180 Å². The number of amides is 1. The van der Waals surface area contributed by atoms with Crippen molar-refractivity contribution in [2.75, 3.05) is 18.5 Å². The summed E-state index contributed by atoms with van der Waals surface area (Å²) in [5, 5.41) is 2.81. The smallest absolute Gasteiger partial charge is 0.309 e. The van der Waals surface area contributed by atoms with E-state index >= 15 is 0 Å². The number of hydrogen-bond donors (Lipinski definition) is 1. The Kier molecular flexibility index (Phi) is 7.92. The number of nitrogens with one attached hydrogen (secondary N) is 1. The monoisotopic (exact) mass is 421 g/mol. The minimum Gasteiger partial charge on any atom is -0.493 e. The zero-order valence-electron chi connectivity index (χ0n) is 16.7. The molecule has 0 unspecified atom stereocenters. The van der Waals surface area contributed by atoms with Gasteiger partial charge in [0.25, 0.3) is 5.91 Å². The third-order valence-corrected chi connectivity index (χ3v) is 5.24. The van der Waals surface area contributed by atoms with E-state index in [0.29, 0.717) is 5.69 Å². The number of benzene rings is 3. The largest absolute Gasteiger partial charge is 0.493 e. The predicted molar refractivity (Wildman–Crippen MR) is 118 cm³/mol. The van der Waals surface area contributed by atoms with Gasteiger partial charge in [-0.2, -0.15) is 0 Å². The number of anilines is 1. The van der Waals surface area contributed by atoms with Crippen molar-refractivity contribution in [3.05, 3.63) is 84.4 Å². The lowest BCUT2D eigenvalue weighted by Gasteiger charge is -2.11. The summed E-state index contributed by atoms with van der Waals surface area (Å²) in [7, 11) is 0. The molecule has 0 saturated carbocycles. The lowest BCUT2D eigenvalue weighted by Crippen LogP contribution is -2.22. The van der Waals surface area contributed by atoms with Crippen molar-refractivity contribution in [3.63, 3.8) is 0 Å². The molecular formula is C24H23NO4S. The van der Waals surface area contributed by atoms with Crippen LogP contribution in [0.4, 0.5) is 5.69 Å². The number of carbonyl (C=O) groups is 2. The number of para-hydroxylation sites is 2. The molecule has 6 heteroatoms. The van der Waals surface area contributed by atoms with Gasteiger partial charge in [0, 0.05) is 9.79 Å². The number of aryl methyl sites for hydroxylation is 1. The van der Waals surface area contributed by atoms with Gasteiger partial charge in [0.05, 0.1) is 18.7 Å². The van der Waals surface area contributed by atoms with Crippen molar-refractivity contribution in [1.82, 2.24) is 0 Å². The highest BCUT2D eigenvalue weighted by Crippen LogP contribution is 2.33. The Morgan fingerprint density at radius 1 is 0.900 bits per heavy atom. The van der Waals surface area contributed by atoms with E-state index in [0.717, 1.165) is 21.1 Å². The Balaban J connectivity index is 1.44. The zero-order valence-corrected chi connectivity index (χ0v) is 17.5. The van der Waals surface area contributed by atoms with Crippen LogP contribution in [0.1, 0.15) is 12.0 Å². The first kappa shape index (κ1) is 21.5. The maximum atomic E-state index is 12.2. The second-order valence-corrected chi connectivity index (χ2v) is 7.60. The molecule has 0 spiro atoms. The average Bonchev–Trinajstić information content (AvgIpc) is 2.76. The van der Waals surface area contributed by atoms with Gasteiger partial charge in [-0.15, -0.1) is 0 Å². The summed E-state index contributed by atoms with van der Waals surface area (Å²) in [6.45, 7) is 1.79. The summed E-state index contributed by atoms with van der Waals surface area (Å²) in [4.78, 5) is 26.1. The van der Waals surface area contributed by atoms with Gasteiger partial charge in [-0.05, 0) is 42.8 Å². The summed E-state index contributed by atoms with van der Waals surface area (Å²) in [6, 6.07) is 25.0. The molecule has 1 N–H and O–H groups in total. The van der Waals surface area contributed by atoms with Crippen LogP contribution in [0.15, 0.2) is 88.7 Å². The molecule has 0 aliphatic carbocycles. The summed E-state index contributed by atoms with van der Waals surface area (Å²) in [5.74, 6) is -0.134. The molecule has 0 bridgehead atoms. The summed E-state index contributed by atoms with van der Waals surface area (Å²) < 4.78 is 10.6. The SMILES string of the molecule is Cc1ccccc1OCCC(=O)OCC(=O)Nc1ccccc1Sc1ccccc1. The predicted octanol–water partition coefficient (Wildman–Crippen LogP) is 5.10. The van der Waals surface area contributed by atoms with Gasteiger partial charge in [0.15, 0.2) is 6.61 Å². The first-order valence-corrected chi connectivity index (χ1v) is 10.4. The lowest BCUT2D eigenvalue weighted by molar-refractivity contribution is -0.147. The van der Waals surface area contributed by atoms with Gasteiger partial charge in [-0.25, -0.2) is 0 Å². The van der Waals surface area contributed by atoms with E-state index < -0.39 is 5.97 Å². The first-order chi connectivity index (χ1) is 14.6. The van der Waals surface area contributed by atoms with Crippen molar-refractivity contribution in [1.29, 1.82) is 0 Å². The van der Waals surface area contributed by atoms with Crippen LogP contribution >= 0.6 is 11.8 Å². The van der Waals surface area contributed by atoms with Crippen LogP contribution in [0.2, 0.25) is 0 Å². The molecule has 0 aliphatic heterocycles. The molecule has 0 aromatic heterocycles. The normalized spacial score (nSPS) is 10.3. The van der Waals surface area contributed by atoms with Crippen molar-refractivity contribution in [2.24, 2.45) is 0 Å². The molecule has 0 saturated heterocycles. The summed E-state index contributed by atoms with van der Waals surface area (Å²) in [6.07, 6.45) is 0.0715. The molecule has 0 radical (unpaired) electrons. The molecule has 0 heterocycles. The van der Waals surface area contributed by atoms with E-state index in [2.05, 4.69) is 5.32 Å². The van der Waals surface area contributed by atoms with Crippen molar-refractivity contribution >= 4 is 29.3 Å². The highest BCUT2D eigenvalue weighted by atomic mass is 32.2. The molecule has 0 aliphatic rings. The van der Waals surface area contributed by atoms with Gasteiger partial charge in [-0.3, -0.25) is 9.59 Å². The molecule has 1 amide bonds. The fourth-order valence-corrected chi connectivity index (χ4v) is 3.56. The average molecular weight is 422 g/mol. The Morgan fingerprint density at radius 3 is 2.40 bits per heavy atom. The van der Waals surface area contributed by atoms with Gasteiger partial charge in [0.2, 0.25) is 0 Å². The lowest BCUT2D eigenvalue weighted by atomic mass is 10.2. The Hall–Kier alpha value is -3.25. The number of esters is 1. The second-order valence-electron chi connectivity index (χ2n) is 6.48. The highest BCUT2D eigenvalue weighted by molar-refractivity contribution is 7.99. The quantitative estimate of drug-likeness (QED) is 0.487. The van der Waals surface area contributed by atoms with Crippen molar-refractivity contribution < 1.29 is 19.1 Å². The van der Waals surface area contributed by atoms with Crippen LogP contribution in [-0.2, 0) is 14.3 Å². The van der Waals surface area contributed by atoms with Crippen LogP contribution in [0.3, 0.4) is 0 Å². The minimum absolute atomic E-state index is 0.0715. The van der Waals surface area contributed by atoms with Crippen LogP contribution in [0.25, 0.3) is 0 Å². The molecule has 0 fully saturated rings. The maximum absolute atomic E-state index is 12.2. The maximum Gasteiger partial charge on any atom is 0.309 e. The molecule has 3 aromatic rings. The topological polar surface area (TPSA) is 64.6 Å². The van der Waals surface area contributed by atoms with Gasteiger partial charge >= 0.3 is 5.97 Å². The van der Waals surface area contributed by atoms with E-state index in [1.54, 1.807) is 11.8 Å². The van der Waals surface area contributed by atoms with E-state index in [4.69, 9.17) is 9.47 Å². The van der Waals surface area contributed by atoms with E-state index in [1.807, 2.05) is 85.8 Å². The second kappa shape index (κ2) is 11.1. The molecule has 30 heavy (non-hydrogen) atoms. The third-order valence-electron chi connectivity index (χ3n) is 4.15. The van der Waals surface area contributed by atoms with Crippen molar-refractivity contribution in [3.8, 4) is 5.75 Å². The van der Waals surface area contributed by atoms with Crippen LogP contribution in [0.5, 0.6) is 5.75 Å². The van der Waals surface area contributed by atoms with Gasteiger partial charge in [-0.1, -0.05) is 60.3 Å². The van der Waals surface area contributed by atoms with E-state index in [1.165, 1.54) is 0 Å². The summed E-state index contributed by atoms with van der Waals surface area (Å²) in [5.41, 5.74) is 1.67. The molecule has 3 rings (SSSR count). The standard InChI is InChI=1S/C24H23NO4S/c1-18-9-5-7-13-21(18)28-16-15-24(27)29-17-23(26)25-20-12-6-8-14-22(20)30-19-10-3-2-4-11-19/h2-14H,15-17H2,1H3,(H,25,26). The van der Waals surface area contributed by atoms with E-state index in [-0.39, 0.29) is 25.5 Å². The number of carbonyl (C=O) groups excluding carboxylic acids is 2. The van der Waals surface area contributed by atoms with Crippen LogP contribution < -0.4 is 10.1 Å². The minimum atomic E-state index is -0.481. The Bertz CT molecular complexity index is 991. The first-order valence-electron chi connectivity index (χ1n) is 9.57. The number of ether oxygens (including phenoxy) is 2. The molecule has 0 atom stereocenters. The van der Waals surface area contributed by atoms with Gasteiger partial charge < -0.3 is 14.8 Å². The molecular weight excluding hydrogens is 398 g/mol. The molecule has 3 aromatic carbocycles. The zero-order chi connectivity index (χ0) is 21.2. The third kappa shape index (κ3) is 6.67. The highest BCUT2D eigenvalue weighted by Gasteiger charge is 2.11. The fraction of sp³-hybridized carbons (Fsp3) is 0.167. The van der Waals surface area contributed by atoms with Crippen LogP contribution in [0, 0.1) is 6.92 Å². The van der Waals surface area contributed by atoms with Gasteiger partial charge in [0.1, 0.15) is 5.75 Å². The molecule has 154 valence electrons. The van der Waals surface area contributed by atoms with Crippen molar-refractivity contribution in [2.45, 2.75) is 23.1 Å². The van der Waals surface area contributed by atoms with Crippen LogP contribution in [-0.4, -0.2) is 25.1 Å². The summed E-state index contributed by atoms with van der Waals surface area (Å²) >= 11 is 1.55. The van der Waals surface area contributed by atoms with E-state index in [9.17, 15) is 9.59 Å².